The summed E-state index contributed by atoms with van der Waals surface area (Å²) in [6.45, 7) is 4.87. The Morgan fingerprint density at radius 3 is 2.54 bits per heavy atom. The van der Waals surface area contributed by atoms with Crippen molar-refractivity contribution in [1.29, 1.82) is 0 Å². The van der Waals surface area contributed by atoms with E-state index in [0.29, 0.717) is 41.2 Å². The van der Waals surface area contributed by atoms with Gasteiger partial charge in [0.2, 0.25) is 11.9 Å². The zero-order valence-corrected chi connectivity index (χ0v) is 20.8. The van der Waals surface area contributed by atoms with Gasteiger partial charge in [0.25, 0.3) is 5.56 Å². The van der Waals surface area contributed by atoms with E-state index in [1.165, 1.54) is 0 Å². The van der Waals surface area contributed by atoms with Gasteiger partial charge in [0.1, 0.15) is 0 Å². The van der Waals surface area contributed by atoms with E-state index in [0.717, 1.165) is 22.3 Å². The number of carbonyl (C=O) groups excluding carboxylic acids is 1. The van der Waals surface area contributed by atoms with Crippen molar-refractivity contribution in [2.75, 3.05) is 10.2 Å². The minimum atomic E-state index is -1.02. The number of anilines is 2. The van der Waals surface area contributed by atoms with Crippen LogP contribution in [0.15, 0.2) is 59.4 Å². The van der Waals surface area contributed by atoms with Gasteiger partial charge < -0.3 is 21.1 Å². The predicted molar refractivity (Wildman–Crippen MR) is 142 cm³/mol. The van der Waals surface area contributed by atoms with Crippen molar-refractivity contribution in [3.05, 3.63) is 98.3 Å². The molecule has 2 heterocycles. The monoisotopic (exact) mass is 497 g/mol. The van der Waals surface area contributed by atoms with Crippen LogP contribution in [0.1, 0.15) is 55.9 Å². The van der Waals surface area contributed by atoms with E-state index in [1.54, 1.807) is 48.0 Å². The number of nitrogens with one attached hydrogen (secondary N) is 1. The second-order valence-electron chi connectivity index (χ2n) is 9.45. The number of aryl methyl sites for hydroxylation is 1. The van der Waals surface area contributed by atoms with E-state index in [-0.39, 0.29) is 17.2 Å². The molecule has 188 valence electrons. The number of fused-ring (bicyclic) bond motifs is 2. The number of primary amides is 1. The number of hydrogen-bond donors (Lipinski definition) is 3. The molecule has 0 spiro atoms. The largest absolute Gasteiger partial charge is 0.478 e. The molecule has 0 bridgehead atoms. The number of nitrogens with two attached hydrogens (primary N) is 1. The topological polar surface area (TPSA) is 131 Å². The molecule has 0 saturated heterocycles. The van der Waals surface area contributed by atoms with Crippen molar-refractivity contribution in [3.8, 4) is 0 Å². The second kappa shape index (κ2) is 9.09. The van der Waals surface area contributed by atoms with Crippen LogP contribution in [0, 0.1) is 6.92 Å². The number of aromatic nitrogens is 2. The van der Waals surface area contributed by atoms with Crippen LogP contribution in [0.5, 0.6) is 0 Å². The molecule has 1 amide bonds. The van der Waals surface area contributed by atoms with Crippen LogP contribution in [0.3, 0.4) is 0 Å². The molecule has 0 radical (unpaired) electrons. The van der Waals surface area contributed by atoms with Gasteiger partial charge in [0.15, 0.2) is 0 Å². The Balaban J connectivity index is 1.58. The zero-order valence-electron chi connectivity index (χ0n) is 20.8. The van der Waals surface area contributed by atoms with Crippen LogP contribution >= 0.6 is 0 Å². The first-order valence-corrected chi connectivity index (χ1v) is 11.9. The lowest BCUT2D eigenvalue weighted by Crippen LogP contribution is -2.28. The summed E-state index contributed by atoms with van der Waals surface area (Å²) in [5.74, 6) is -0.993. The fourth-order valence-electron chi connectivity index (χ4n) is 4.95. The Bertz CT molecular complexity index is 1640. The van der Waals surface area contributed by atoms with Gasteiger partial charge in [-0.1, -0.05) is 24.3 Å². The average Bonchev–Trinajstić information content (AvgIpc) is 3.29. The molecular formula is C28H27N5O4. The van der Waals surface area contributed by atoms with E-state index in [4.69, 9.17) is 10.7 Å². The van der Waals surface area contributed by atoms with E-state index in [9.17, 15) is 19.5 Å². The molecule has 4 N–H and O–H groups in total. The number of carbonyl (C=O) groups is 2. The number of para-hydroxylation sites is 1. The summed E-state index contributed by atoms with van der Waals surface area (Å²) in [6, 6.07) is 15.6. The van der Waals surface area contributed by atoms with Crippen LogP contribution in [0.4, 0.5) is 11.6 Å². The van der Waals surface area contributed by atoms with Crippen LogP contribution in [-0.4, -0.2) is 26.5 Å². The Morgan fingerprint density at radius 2 is 1.81 bits per heavy atom. The fourth-order valence-corrected chi connectivity index (χ4v) is 4.95. The van der Waals surface area contributed by atoms with Gasteiger partial charge in [0, 0.05) is 37.0 Å². The third kappa shape index (κ3) is 4.29. The van der Waals surface area contributed by atoms with Gasteiger partial charge in [-0.3, -0.25) is 14.2 Å². The van der Waals surface area contributed by atoms with E-state index < -0.39 is 11.9 Å². The summed E-state index contributed by atoms with van der Waals surface area (Å²) in [7, 11) is 1.70. The first-order valence-electron chi connectivity index (χ1n) is 11.9. The summed E-state index contributed by atoms with van der Waals surface area (Å²) < 4.78 is 1.55. The molecule has 5 rings (SSSR count). The summed E-state index contributed by atoms with van der Waals surface area (Å²) in [6.07, 6.45) is 0. The number of aromatic carboxylic acids is 1. The summed E-state index contributed by atoms with van der Waals surface area (Å²) >= 11 is 0. The maximum absolute atomic E-state index is 13.5. The zero-order chi connectivity index (χ0) is 26.4. The molecular weight excluding hydrogens is 470 g/mol. The minimum Gasteiger partial charge on any atom is -0.478 e. The minimum absolute atomic E-state index is 0.168. The molecule has 4 aromatic rings. The average molecular weight is 498 g/mol. The molecule has 1 aliphatic rings. The lowest BCUT2D eigenvalue weighted by Gasteiger charge is -2.23. The second-order valence-corrected chi connectivity index (χ2v) is 9.45. The van der Waals surface area contributed by atoms with Crippen molar-refractivity contribution >= 4 is 34.4 Å². The lowest BCUT2D eigenvalue weighted by molar-refractivity contribution is 0.0697. The van der Waals surface area contributed by atoms with Gasteiger partial charge >= 0.3 is 5.97 Å². The van der Waals surface area contributed by atoms with Gasteiger partial charge in [0.05, 0.1) is 22.5 Å². The Labute approximate surface area is 213 Å². The predicted octanol–water partition coefficient (Wildman–Crippen LogP) is 3.73. The molecule has 3 aromatic carbocycles. The van der Waals surface area contributed by atoms with Gasteiger partial charge in [-0.05, 0) is 60.9 Å². The smallest absolute Gasteiger partial charge is 0.337 e. The maximum atomic E-state index is 13.5. The first-order chi connectivity index (χ1) is 17.6. The van der Waals surface area contributed by atoms with E-state index >= 15 is 0 Å². The lowest BCUT2D eigenvalue weighted by atomic mass is 10.0. The third-order valence-corrected chi connectivity index (χ3v) is 6.82. The van der Waals surface area contributed by atoms with E-state index in [1.807, 2.05) is 36.9 Å². The molecule has 0 fully saturated rings. The number of carboxylic acid groups (broad SMARTS) is 1. The molecule has 1 unspecified atom stereocenters. The van der Waals surface area contributed by atoms with Crippen LogP contribution in [0.25, 0.3) is 10.9 Å². The summed E-state index contributed by atoms with van der Waals surface area (Å²) in [4.78, 5) is 43.8. The van der Waals surface area contributed by atoms with Crippen LogP contribution in [0.2, 0.25) is 0 Å². The highest BCUT2D eigenvalue weighted by molar-refractivity contribution is 5.94. The number of amides is 1. The highest BCUT2D eigenvalue weighted by Crippen LogP contribution is 2.31. The number of rotatable bonds is 6. The van der Waals surface area contributed by atoms with Crippen molar-refractivity contribution in [1.82, 2.24) is 9.55 Å². The van der Waals surface area contributed by atoms with Crippen molar-refractivity contribution in [2.24, 2.45) is 12.8 Å². The molecule has 1 aromatic heterocycles. The van der Waals surface area contributed by atoms with Crippen molar-refractivity contribution in [3.63, 3.8) is 0 Å². The number of benzene rings is 3. The number of hydrogen-bond acceptors (Lipinski definition) is 6. The van der Waals surface area contributed by atoms with Gasteiger partial charge in [-0.25, -0.2) is 9.78 Å². The molecule has 1 atom stereocenters. The molecule has 9 nitrogen and oxygen atoms in total. The highest BCUT2D eigenvalue weighted by atomic mass is 16.4. The third-order valence-electron chi connectivity index (χ3n) is 6.82. The molecule has 37 heavy (non-hydrogen) atoms. The van der Waals surface area contributed by atoms with Crippen LogP contribution in [-0.2, 0) is 20.1 Å². The normalized spacial score (nSPS) is 13.4. The molecule has 0 aliphatic carbocycles. The first kappa shape index (κ1) is 24.1. The standard InChI is InChI=1S/C28H27N5O4/c1-15-10-21(16(2)30-23-7-5-4-6-20(23)27(36)37)24-22(11-15)26(35)32(3)28(31-24)33-13-18-9-8-17(25(29)34)12-19(18)14-33/h4-12,16,30H,13-14H2,1-3H3,(H2,29,34)(H,36,37). The maximum Gasteiger partial charge on any atom is 0.337 e. The number of carboxylic acids is 1. The molecule has 1 aliphatic heterocycles. The fraction of sp³-hybridized carbons (Fsp3) is 0.214. The van der Waals surface area contributed by atoms with E-state index in [2.05, 4.69) is 5.32 Å². The Kier molecular flexibility index (Phi) is 5.91. The Morgan fingerprint density at radius 1 is 1.08 bits per heavy atom. The molecule has 0 saturated carbocycles. The van der Waals surface area contributed by atoms with Crippen molar-refractivity contribution < 1.29 is 14.7 Å². The van der Waals surface area contributed by atoms with Crippen LogP contribution < -0.4 is 21.5 Å². The SMILES string of the molecule is Cc1cc(C(C)Nc2ccccc2C(=O)O)c2nc(N3Cc4ccc(C(N)=O)cc4C3)n(C)c(=O)c2c1. The quantitative estimate of drug-likeness (QED) is 0.370. The highest BCUT2D eigenvalue weighted by Gasteiger charge is 2.25. The summed E-state index contributed by atoms with van der Waals surface area (Å²) in [5.41, 5.74) is 10.7. The Hall–Kier alpha value is -4.66. The van der Waals surface area contributed by atoms with Crippen molar-refractivity contribution in [2.45, 2.75) is 33.0 Å². The van der Waals surface area contributed by atoms with Gasteiger partial charge in [-0.15, -0.1) is 0 Å². The molecule has 9 heteroatoms. The summed E-state index contributed by atoms with van der Waals surface area (Å²) in [5, 5.41) is 13.4. The van der Waals surface area contributed by atoms with Gasteiger partial charge in [-0.2, -0.15) is 0 Å². The number of nitrogens with zero attached hydrogens (tertiary/aromatic N) is 3.